The fraction of sp³-hybridized carbons (Fsp3) is 0.333. The van der Waals surface area contributed by atoms with E-state index in [0.29, 0.717) is 5.56 Å². The molecule has 1 aromatic carbocycles. The van der Waals surface area contributed by atoms with E-state index in [1.165, 1.54) is 18.2 Å². The van der Waals surface area contributed by atoms with Crippen molar-refractivity contribution in [1.82, 2.24) is 4.90 Å². The number of nitro benzene ring substituents is 1. The number of thioether (sulfide) groups is 1. The van der Waals surface area contributed by atoms with Gasteiger partial charge >= 0.3 is 0 Å². The monoisotopic (exact) mass is 356 g/mol. The lowest BCUT2D eigenvalue weighted by atomic mass is 10.0. The normalized spacial score (nSPS) is 20.0. The highest BCUT2D eigenvalue weighted by Gasteiger charge is 2.45. The number of benzene rings is 1. The first-order valence-electron chi connectivity index (χ1n) is 6.59. The van der Waals surface area contributed by atoms with Crippen LogP contribution in [0.25, 0.3) is 0 Å². The number of nitrogens with zero attached hydrogens (tertiary/aromatic N) is 3. The van der Waals surface area contributed by atoms with Crippen LogP contribution in [-0.2, 0) is 9.63 Å². The molecule has 0 saturated carbocycles. The minimum atomic E-state index is -1.08. The SMILES string of the molecule is NC(=O)C1C(c2cccc([N+](=O)[O-])c2)SC(=O)N1CCO[N+](=O)[O-]. The van der Waals surface area contributed by atoms with Gasteiger partial charge in [-0.05, 0) is 5.56 Å². The summed E-state index contributed by atoms with van der Waals surface area (Å²) in [5.74, 6) is -0.814. The minimum Gasteiger partial charge on any atom is -0.368 e. The topological polar surface area (TPSA) is 159 Å². The second kappa shape index (κ2) is 7.12. The van der Waals surface area contributed by atoms with Crippen LogP contribution >= 0.6 is 11.8 Å². The maximum absolute atomic E-state index is 12.1. The molecule has 12 heteroatoms. The van der Waals surface area contributed by atoms with Gasteiger partial charge in [-0.15, -0.1) is 10.1 Å². The van der Waals surface area contributed by atoms with Gasteiger partial charge in [0.1, 0.15) is 12.6 Å². The molecule has 0 spiro atoms. The van der Waals surface area contributed by atoms with Gasteiger partial charge in [-0.1, -0.05) is 23.9 Å². The lowest BCUT2D eigenvalue weighted by Crippen LogP contribution is -2.45. The van der Waals surface area contributed by atoms with Crippen LogP contribution in [0.2, 0.25) is 0 Å². The van der Waals surface area contributed by atoms with Gasteiger partial charge < -0.3 is 15.5 Å². The number of amides is 2. The molecule has 2 amide bonds. The predicted molar refractivity (Wildman–Crippen MR) is 81.5 cm³/mol. The number of carbonyl (C=O) groups is 2. The van der Waals surface area contributed by atoms with Crippen molar-refractivity contribution in [2.24, 2.45) is 5.73 Å². The van der Waals surface area contributed by atoms with Crippen molar-refractivity contribution < 1.29 is 24.4 Å². The molecule has 1 aliphatic heterocycles. The molecule has 128 valence electrons. The Morgan fingerprint density at radius 3 is 2.67 bits per heavy atom. The van der Waals surface area contributed by atoms with Gasteiger partial charge in [-0.3, -0.25) is 19.7 Å². The zero-order valence-corrected chi connectivity index (χ0v) is 12.9. The van der Waals surface area contributed by atoms with Gasteiger partial charge in [-0.2, -0.15) is 0 Å². The highest BCUT2D eigenvalue weighted by atomic mass is 32.2. The summed E-state index contributed by atoms with van der Waals surface area (Å²) in [4.78, 5) is 49.5. The van der Waals surface area contributed by atoms with E-state index in [9.17, 15) is 29.8 Å². The third-order valence-corrected chi connectivity index (χ3v) is 4.53. The molecule has 0 aliphatic carbocycles. The molecule has 2 rings (SSSR count). The molecule has 0 aromatic heterocycles. The van der Waals surface area contributed by atoms with Gasteiger partial charge in [0.05, 0.1) is 10.2 Å². The summed E-state index contributed by atoms with van der Waals surface area (Å²) in [6.07, 6.45) is 0. The highest BCUT2D eigenvalue weighted by Crippen LogP contribution is 2.43. The van der Waals surface area contributed by atoms with Gasteiger partial charge in [-0.25, -0.2) is 0 Å². The first-order chi connectivity index (χ1) is 11.3. The average molecular weight is 356 g/mol. The van der Waals surface area contributed by atoms with E-state index in [-0.39, 0.29) is 12.2 Å². The average Bonchev–Trinajstić information content (AvgIpc) is 2.84. The molecule has 24 heavy (non-hydrogen) atoms. The molecular formula is C12H12N4O7S. The fourth-order valence-electron chi connectivity index (χ4n) is 2.33. The number of primary amides is 1. The van der Waals surface area contributed by atoms with Crippen molar-refractivity contribution in [3.8, 4) is 0 Å². The molecule has 1 heterocycles. The molecule has 0 radical (unpaired) electrons. The third kappa shape index (κ3) is 3.71. The number of rotatable bonds is 7. The van der Waals surface area contributed by atoms with Gasteiger partial charge in [0.25, 0.3) is 16.0 Å². The Balaban J connectivity index is 2.25. The first kappa shape index (κ1) is 17.5. The zero-order valence-electron chi connectivity index (χ0n) is 12.1. The zero-order chi connectivity index (χ0) is 17.9. The maximum Gasteiger partial charge on any atom is 0.294 e. The summed E-state index contributed by atoms with van der Waals surface area (Å²) in [5.41, 5.74) is 5.56. The Hall–Kier alpha value is -2.89. The summed E-state index contributed by atoms with van der Waals surface area (Å²) in [5, 5.41) is 18.8. The van der Waals surface area contributed by atoms with Crippen LogP contribution in [0.3, 0.4) is 0 Å². The van der Waals surface area contributed by atoms with Crippen molar-refractivity contribution in [3.63, 3.8) is 0 Å². The van der Waals surface area contributed by atoms with Crippen LogP contribution in [0.1, 0.15) is 10.8 Å². The van der Waals surface area contributed by atoms with Crippen LogP contribution in [0, 0.1) is 20.2 Å². The molecule has 1 aliphatic rings. The lowest BCUT2D eigenvalue weighted by molar-refractivity contribution is -0.757. The number of nitrogens with two attached hydrogens (primary N) is 1. The Bertz CT molecular complexity index is 698. The first-order valence-corrected chi connectivity index (χ1v) is 7.47. The Morgan fingerprint density at radius 2 is 2.08 bits per heavy atom. The molecule has 2 unspecified atom stereocenters. The van der Waals surface area contributed by atoms with E-state index >= 15 is 0 Å². The Morgan fingerprint density at radius 1 is 1.38 bits per heavy atom. The molecule has 0 bridgehead atoms. The van der Waals surface area contributed by atoms with E-state index in [1.807, 2.05) is 0 Å². The lowest BCUT2D eigenvalue weighted by Gasteiger charge is -2.24. The Labute approximate surface area is 139 Å². The molecular weight excluding hydrogens is 344 g/mol. The summed E-state index contributed by atoms with van der Waals surface area (Å²) in [6, 6.07) is 4.45. The number of nitro groups is 1. The van der Waals surface area contributed by atoms with Crippen LogP contribution in [-0.4, -0.2) is 45.2 Å². The van der Waals surface area contributed by atoms with E-state index in [0.717, 1.165) is 16.7 Å². The molecule has 1 fully saturated rings. The molecule has 2 N–H and O–H groups in total. The van der Waals surface area contributed by atoms with Crippen molar-refractivity contribution in [3.05, 3.63) is 50.1 Å². The summed E-state index contributed by atoms with van der Waals surface area (Å²) in [6.45, 7) is -0.614. The molecule has 11 nitrogen and oxygen atoms in total. The van der Waals surface area contributed by atoms with Gasteiger partial charge in [0.15, 0.2) is 0 Å². The van der Waals surface area contributed by atoms with Crippen LogP contribution in [0.4, 0.5) is 10.5 Å². The highest BCUT2D eigenvalue weighted by molar-refractivity contribution is 8.14. The van der Waals surface area contributed by atoms with Crippen LogP contribution in [0.5, 0.6) is 0 Å². The second-order valence-corrected chi connectivity index (χ2v) is 5.85. The molecule has 1 saturated heterocycles. The smallest absolute Gasteiger partial charge is 0.294 e. The number of carbonyl (C=O) groups excluding carboxylic acids is 2. The fourth-order valence-corrected chi connectivity index (χ4v) is 3.58. The second-order valence-electron chi connectivity index (χ2n) is 4.75. The van der Waals surface area contributed by atoms with Crippen LogP contribution in [0.15, 0.2) is 24.3 Å². The number of hydrogen-bond donors (Lipinski definition) is 1. The summed E-state index contributed by atoms with van der Waals surface area (Å²) >= 11 is 0.781. The summed E-state index contributed by atoms with van der Waals surface area (Å²) in [7, 11) is 0. The maximum atomic E-state index is 12.1. The molecule has 2 atom stereocenters. The third-order valence-electron chi connectivity index (χ3n) is 3.31. The Kier molecular flexibility index (Phi) is 5.18. The quantitative estimate of drug-likeness (QED) is 0.556. The van der Waals surface area contributed by atoms with Gasteiger partial charge in [0, 0.05) is 18.7 Å². The number of hydrogen-bond acceptors (Lipinski definition) is 8. The van der Waals surface area contributed by atoms with E-state index in [2.05, 4.69) is 4.84 Å². The number of non-ortho nitro benzene ring substituents is 1. The standard InChI is InChI=1S/C12H12N4O7S/c13-11(17)9-10(7-2-1-3-8(6-7)15(19)20)24-12(18)14(9)4-5-23-16(21)22/h1-3,6,9-10H,4-5H2,(H2,13,17). The van der Waals surface area contributed by atoms with Crippen LogP contribution < -0.4 is 5.73 Å². The minimum absolute atomic E-state index is 0.182. The van der Waals surface area contributed by atoms with E-state index in [4.69, 9.17) is 5.73 Å². The largest absolute Gasteiger partial charge is 0.368 e. The molecule has 1 aromatic rings. The predicted octanol–water partition coefficient (Wildman–Crippen LogP) is 0.867. The van der Waals surface area contributed by atoms with Crippen molar-refractivity contribution >= 4 is 28.6 Å². The van der Waals surface area contributed by atoms with Crippen molar-refractivity contribution in [1.29, 1.82) is 0 Å². The van der Waals surface area contributed by atoms with E-state index < -0.39 is 39.1 Å². The summed E-state index contributed by atoms with van der Waals surface area (Å²) < 4.78 is 0. The van der Waals surface area contributed by atoms with Crippen molar-refractivity contribution in [2.45, 2.75) is 11.3 Å². The van der Waals surface area contributed by atoms with Gasteiger partial charge in [0.2, 0.25) is 5.91 Å². The van der Waals surface area contributed by atoms with E-state index in [1.54, 1.807) is 6.07 Å². The van der Waals surface area contributed by atoms with Crippen molar-refractivity contribution in [2.75, 3.05) is 13.2 Å².